The Morgan fingerprint density at radius 1 is 1.38 bits per heavy atom. The van der Waals surface area contributed by atoms with Gasteiger partial charge in [-0.2, -0.15) is 17.4 Å². The van der Waals surface area contributed by atoms with Crippen molar-refractivity contribution in [2.75, 3.05) is 26.2 Å². The van der Waals surface area contributed by atoms with Crippen LogP contribution in [0.3, 0.4) is 0 Å². The summed E-state index contributed by atoms with van der Waals surface area (Å²) in [7, 11) is -3.43. The van der Waals surface area contributed by atoms with Crippen molar-refractivity contribution in [2.45, 2.75) is 19.8 Å². The Bertz CT molecular complexity index is 548. The van der Waals surface area contributed by atoms with E-state index in [9.17, 15) is 12.8 Å². The Morgan fingerprint density at radius 2 is 2.10 bits per heavy atom. The lowest BCUT2D eigenvalue weighted by Gasteiger charge is -2.29. The molecule has 0 amide bonds. The topological polar surface area (TPSA) is 58.6 Å². The molecule has 1 saturated heterocycles. The highest BCUT2D eigenvalue weighted by molar-refractivity contribution is 7.87. The smallest absolute Gasteiger partial charge is 0.279 e. The molecular weight excluding hydrogens is 295 g/mol. The summed E-state index contributed by atoms with van der Waals surface area (Å²) < 4.78 is 46.3. The Balaban J connectivity index is 1.75. The predicted molar refractivity (Wildman–Crippen MR) is 78.8 cm³/mol. The molecule has 0 saturated carbocycles. The lowest BCUT2D eigenvalue weighted by Crippen LogP contribution is -2.46. The second kappa shape index (κ2) is 7.20. The molecule has 1 N–H and O–H groups in total. The van der Waals surface area contributed by atoms with Crippen LogP contribution in [0, 0.1) is 11.7 Å². The Morgan fingerprint density at radius 3 is 2.76 bits per heavy atom. The molecular formula is C14H21FN2O3S. The first-order chi connectivity index (χ1) is 9.97. The summed E-state index contributed by atoms with van der Waals surface area (Å²) >= 11 is 0. The predicted octanol–water partition coefficient (Wildman–Crippen LogP) is 1.77. The van der Waals surface area contributed by atoms with Gasteiger partial charge in [0.15, 0.2) is 0 Å². The standard InChI is InChI=1S/C14H21FN2O3S/c1-12-3-2-9-17(11-12)21(18,19)16-8-10-20-14-6-4-13(15)5-7-14/h4-7,12,16H,2-3,8-11H2,1H3. The molecule has 1 aliphatic heterocycles. The fourth-order valence-electron chi connectivity index (χ4n) is 2.33. The molecule has 21 heavy (non-hydrogen) atoms. The Hall–Kier alpha value is -1.18. The molecule has 0 aliphatic carbocycles. The van der Waals surface area contributed by atoms with Gasteiger partial charge >= 0.3 is 0 Å². The number of ether oxygens (including phenoxy) is 1. The van der Waals surface area contributed by atoms with Gasteiger partial charge in [0.05, 0.1) is 0 Å². The lowest BCUT2D eigenvalue weighted by molar-refractivity contribution is 0.275. The minimum absolute atomic E-state index is 0.185. The van der Waals surface area contributed by atoms with Crippen molar-refractivity contribution >= 4 is 10.2 Å². The van der Waals surface area contributed by atoms with Crippen LogP contribution in [-0.2, 0) is 10.2 Å². The highest BCUT2D eigenvalue weighted by Gasteiger charge is 2.26. The zero-order valence-electron chi connectivity index (χ0n) is 12.1. The zero-order chi connectivity index (χ0) is 15.3. The van der Waals surface area contributed by atoms with E-state index >= 15 is 0 Å². The van der Waals surface area contributed by atoms with Gasteiger partial charge < -0.3 is 4.74 Å². The van der Waals surface area contributed by atoms with Gasteiger partial charge in [-0.1, -0.05) is 6.92 Å². The van der Waals surface area contributed by atoms with Gasteiger partial charge in [0.2, 0.25) is 0 Å². The van der Waals surface area contributed by atoms with Crippen LogP contribution in [0.2, 0.25) is 0 Å². The first-order valence-corrected chi connectivity index (χ1v) is 8.54. The average Bonchev–Trinajstić information content (AvgIpc) is 2.45. The number of nitrogens with zero attached hydrogens (tertiary/aromatic N) is 1. The van der Waals surface area contributed by atoms with Gasteiger partial charge in [-0.3, -0.25) is 0 Å². The van der Waals surface area contributed by atoms with Gasteiger partial charge in [0.1, 0.15) is 18.2 Å². The van der Waals surface area contributed by atoms with Crippen molar-refractivity contribution < 1.29 is 17.5 Å². The average molecular weight is 316 g/mol. The number of piperidine rings is 1. The van der Waals surface area contributed by atoms with E-state index in [1.54, 1.807) is 0 Å². The number of halogens is 1. The van der Waals surface area contributed by atoms with E-state index in [-0.39, 0.29) is 19.0 Å². The maximum absolute atomic E-state index is 12.7. The van der Waals surface area contributed by atoms with Gasteiger partial charge in [-0.25, -0.2) is 4.39 Å². The van der Waals surface area contributed by atoms with Crippen molar-refractivity contribution in [2.24, 2.45) is 5.92 Å². The minimum atomic E-state index is -3.43. The lowest BCUT2D eigenvalue weighted by atomic mass is 10.0. The quantitative estimate of drug-likeness (QED) is 0.814. The summed E-state index contributed by atoms with van der Waals surface area (Å²) in [5, 5.41) is 0. The van der Waals surface area contributed by atoms with Crippen LogP contribution < -0.4 is 9.46 Å². The Labute approximate surface area is 125 Å². The van der Waals surface area contributed by atoms with Crippen molar-refractivity contribution in [1.82, 2.24) is 9.03 Å². The number of rotatable bonds is 6. The van der Waals surface area contributed by atoms with E-state index in [0.29, 0.717) is 24.8 Å². The number of benzene rings is 1. The molecule has 0 spiro atoms. The molecule has 0 radical (unpaired) electrons. The molecule has 1 aromatic rings. The summed E-state index contributed by atoms with van der Waals surface area (Å²) in [6.07, 6.45) is 1.97. The monoisotopic (exact) mass is 316 g/mol. The fourth-order valence-corrected chi connectivity index (χ4v) is 3.67. The minimum Gasteiger partial charge on any atom is -0.492 e. The molecule has 1 heterocycles. The van der Waals surface area contributed by atoms with Crippen LogP contribution in [0.5, 0.6) is 5.75 Å². The van der Waals surface area contributed by atoms with Gasteiger partial charge in [-0.05, 0) is 43.0 Å². The van der Waals surface area contributed by atoms with Crippen molar-refractivity contribution in [3.63, 3.8) is 0 Å². The van der Waals surface area contributed by atoms with Crippen LogP contribution in [0.25, 0.3) is 0 Å². The van der Waals surface area contributed by atoms with Crippen LogP contribution in [-0.4, -0.2) is 39.0 Å². The highest BCUT2D eigenvalue weighted by atomic mass is 32.2. The molecule has 2 rings (SSSR count). The fraction of sp³-hybridized carbons (Fsp3) is 0.571. The van der Waals surface area contributed by atoms with E-state index in [1.807, 2.05) is 0 Å². The Kier molecular flexibility index (Phi) is 5.55. The van der Waals surface area contributed by atoms with E-state index in [4.69, 9.17) is 4.74 Å². The zero-order valence-corrected chi connectivity index (χ0v) is 12.9. The molecule has 1 fully saturated rings. The summed E-state index contributed by atoms with van der Waals surface area (Å²) in [4.78, 5) is 0. The van der Waals surface area contributed by atoms with Gasteiger partial charge in [-0.15, -0.1) is 0 Å². The third kappa shape index (κ3) is 4.94. The molecule has 1 aliphatic rings. The van der Waals surface area contributed by atoms with Gasteiger partial charge in [0.25, 0.3) is 10.2 Å². The second-order valence-electron chi connectivity index (χ2n) is 5.31. The molecule has 7 heteroatoms. The molecule has 1 unspecified atom stereocenters. The number of hydrogen-bond donors (Lipinski definition) is 1. The van der Waals surface area contributed by atoms with Crippen LogP contribution in [0.1, 0.15) is 19.8 Å². The van der Waals surface area contributed by atoms with Crippen molar-refractivity contribution in [3.8, 4) is 5.75 Å². The van der Waals surface area contributed by atoms with Crippen LogP contribution >= 0.6 is 0 Å². The summed E-state index contributed by atoms with van der Waals surface area (Å²) in [6.45, 7) is 3.57. The van der Waals surface area contributed by atoms with Crippen LogP contribution in [0.15, 0.2) is 24.3 Å². The van der Waals surface area contributed by atoms with Crippen LogP contribution in [0.4, 0.5) is 4.39 Å². The molecule has 5 nitrogen and oxygen atoms in total. The first kappa shape index (κ1) is 16.2. The third-order valence-corrected chi connectivity index (χ3v) is 5.01. The molecule has 0 aromatic heterocycles. The summed E-state index contributed by atoms with van der Waals surface area (Å²) in [6, 6.07) is 5.62. The van der Waals surface area contributed by atoms with Crippen molar-refractivity contribution in [1.29, 1.82) is 0 Å². The van der Waals surface area contributed by atoms with Gasteiger partial charge in [0, 0.05) is 19.6 Å². The SMILES string of the molecule is CC1CCCN(S(=O)(=O)NCCOc2ccc(F)cc2)C1. The largest absolute Gasteiger partial charge is 0.492 e. The maximum Gasteiger partial charge on any atom is 0.279 e. The number of nitrogens with one attached hydrogen (secondary N) is 1. The van der Waals surface area contributed by atoms with E-state index in [0.717, 1.165) is 12.8 Å². The third-order valence-electron chi connectivity index (χ3n) is 3.43. The van der Waals surface area contributed by atoms with E-state index in [2.05, 4.69) is 11.6 Å². The summed E-state index contributed by atoms with van der Waals surface area (Å²) in [5.74, 6) is 0.579. The van der Waals surface area contributed by atoms with E-state index in [1.165, 1.54) is 28.6 Å². The first-order valence-electron chi connectivity index (χ1n) is 7.10. The molecule has 118 valence electrons. The molecule has 0 bridgehead atoms. The normalized spacial score (nSPS) is 20.4. The number of hydrogen-bond acceptors (Lipinski definition) is 3. The van der Waals surface area contributed by atoms with Crippen molar-refractivity contribution in [3.05, 3.63) is 30.1 Å². The second-order valence-corrected chi connectivity index (χ2v) is 7.06. The highest BCUT2D eigenvalue weighted by Crippen LogP contribution is 2.17. The summed E-state index contributed by atoms with van der Waals surface area (Å²) in [5.41, 5.74) is 0. The maximum atomic E-state index is 12.7. The molecule has 1 aromatic carbocycles. The van der Waals surface area contributed by atoms with E-state index < -0.39 is 10.2 Å². The molecule has 1 atom stereocenters.